The van der Waals surface area contributed by atoms with E-state index < -0.39 is 0 Å². The molecule has 0 saturated heterocycles. The van der Waals surface area contributed by atoms with Gasteiger partial charge in [0.15, 0.2) is 0 Å². The summed E-state index contributed by atoms with van der Waals surface area (Å²) in [6, 6.07) is 7.38. The molecule has 6 heteroatoms. The summed E-state index contributed by atoms with van der Waals surface area (Å²) in [5, 5.41) is 5.62. The van der Waals surface area contributed by atoms with Gasteiger partial charge in [0.05, 0.1) is 21.4 Å². The topological polar surface area (TPSA) is 30.2 Å². The Labute approximate surface area is 135 Å². The van der Waals surface area contributed by atoms with Gasteiger partial charge in [-0.3, -0.25) is 4.99 Å². The molecule has 0 bridgehead atoms. The molecule has 2 heterocycles. The molecular formula is C14H10BrCl2N3. The molecule has 0 radical (unpaired) electrons. The van der Waals surface area contributed by atoms with E-state index in [2.05, 4.69) is 32.1 Å². The molecule has 0 spiro atoms. The molecule has 0 aliphatic carbocycles. The van der Waals surface area contributed by atoms with Crippen LogP contribution in [0.15, 0.2) is 39.9 Å². The Balaban J connectivity index is 2.02. The van der Waals surface area contributed by atoms with Crippen LogP contribution in [0.2, 0.25) is 10.0 Å². The monoisotopic (exact) mass is 369 g/mol. The van der Waals surface area contributed by atoms with Crippen LogP contribution in [-0.4, -0.2) is 22.5 Å². The Morgan fingerprint density at radius 2 is 2.00 bits per heavy atom. The fraction of sp³-hybridized carbons (Fsp3) is 0.143. The van der Waals surface area contributed by atoms with Crippen molar-refractivity contribution in [3.8, 4) is 5.69 Å². The number of dihydropyridines is 1. The van der Waals surface area contributed by atoms with Crippen molar-refractivity contribution in [3.63, 3.8) is 0 Å². The Hall–Kier alpha value is -1.10. The lowest BCUT2D eigenvalue weighted by atomic mass is 10.1. The molecule has 1 aromatic carbocycles. The highest BCUT2D eigenvalue weighted by atomic mass is 79.9. The van der Waals surface area contributed by atoms with Gasteiger partial charge in [0, 0.05) is 18.3 Å². The lowest BCUT2D eigenvalue weighted by Crippen LogP contribution is -1.99. The zero-order chi connectivity index (χ0) is 14.1. The molecule has 1 aromatic heterocycles. The second-order valence-corrected chi connectivity index (χ2v) is 5.97. The first kappa shape index (κ1) is 13.9. The van der Waals surface area contributed by atoms with Crippen molar-refractivity contribution in [2.45, 2.75) is 6.42 Å². The van der Waals surface area contributed by atoms with Gasteiger partial charge < -0.3 is 0 Å². The predicted molar refractivity (Wildman–Crippen MR) is 87.2 cm³/mol. The smallest absolute Gasteiger partial charge is 0.110 e. The summed E-state index contributed by atoms with van der Waals surface area (Å²) in [7, 11) is 0. The number of aliphatic imine (C=N–C) groups is 1. The quantitative estimate of drug-likeness (QED) is 0.746. The number of halogens is 3. The van der Waals surface area contributed by atoms with Gasteiger partial charge in [-0.05, 0) is 46.6 Å². The van der Waals surface area contributed by atoms with Gasteiger partial charge in [0.25, 0.3) is 0 Å². The van der Waals surface area contributed by atoms with Gasteiger partial charge in [-0.25, -0.2) is 4.68 Å². The van der Waals surface area contributed by atoms with Crippen molar-refractivity contribution < 1.29 is 0 Å². The van der Waals surface area contributed by atoms with Crippen molar-refractivity contribution in [2.24, 2.45) is 4.99 Å². The number of hydrogen-bond donors (Lipinski definition) is 0. The van der Waals surface area contributed by atoms with E-state index in [-0.39, 0.29) is 0 Å². The number of nitrogens with zero attached hydrogens (tertiary/aromatic N) is 3. The Morgan fingerprint density at radius 1 is 1.15 bits per heavy atom. The SMILES string of the molecule is Clc1ccc(-n2nc(C3=CCCN=C3)cc2Br)cc1Cl. The number of allylic oxidation sites excluding steroid dienone is 1. The third kappa shape index (κ3) is 2.68. The molecule has 2 aromatic rings. The maximum Gasteiger partial charge on any atom is 0.110 e. The van der Waals surface area contributed by atoms with Gasteiger partial charge in [0.1, 0.15) is 4.60 Å². The summed E-state index contributed by atoms with van der Waals surface area (Å²) in [5.41, 5.74) is 2.77. The maximum atomic E-state index is 6.05. The molecule has 0 saturated carbocycles. The van der Waals surface area contributed by atoms with Crippen LogP contribution in [0.25, 0.3) is 11.3 Å². The summed E-state index contributed by atoms with van der Waals surface area (Å²) in [5.74, 6) is 0. The minimum atomic E-state index is 0.506. The fourth-order valence-electron chi connectivity index (χ4n) is 1.98. The van der Waals surface area contributed by atoms with E-state index in [0.29, 0.717) is 10.0 Å². The van der Waals surface area contributed by atoms with E-state index in [0.717, 1.165) is 34.5 Å². The average molecular weight is 371 g/mol. The van der Waals surface area contributed by atoms with Crippen molar-refractivity contribution in [3.05, 3.63) is 50.7 Å². The highest BCUT2D eigenvalue weighted by Crippen LogP contribution is 2.27. The van der Waals surface area contributed by atoms with Crippen LogP contribution in [-0.2, 0) is 0 Å². The molecule has 3 nitrogen and oxygen atoms in total. The molecule has 0 fully saturated rings. The van der Waals surface area contributed by atoms with Crippen LogP contribution in [0.4, 0.5) is 0 Å². The Kier molecular flexibility index (Phi) is 3.96. The van der Waals surface area contributed by atoms with Crippen molar-refractivity contribution in [1.82, 2.24) is 9.78 Å². The molecule has 0 amide bonds. The van der Waals surface area contributed by atoms with Gasteiger partial charge in [-0.2, -0.15) is 5.10 Å². The lowest BCUT2D eigenvalue weighted by Gasteiger charge is -2.05. The van der Waals surface area contributed by atoms with Gasteiger partial charge >= 0.3 is 0 Å². The molecule has 1 aliphatic rings. The van der Waals surface area contributed by atoms with E-state index >= 15 is 0 Å². The van der Waals surface area contributed by atoms with Crippen LogP contribution in [0.3, 0.4) is 0 Å². The number of rotatable bonds is 2. The van der Waals surface area contributed by atoms with Crippen LogP contribution in [0.5, 0.6) is 0 Å². The van der Waals surface area contributed by atoms with Crippen LogP contribution in [0.1, 0.15) is 12.1 Å². The highest BCUT2D eigenvalue weighted by Gasteiger charge is 2.12. The van der Waals surface area contributed by atoms with E-state index in [9.17, 15) is 0 Å². The minimum absolute atomic E-state index is 0.506. The maximum absolute atomic E-state index is 6.05. The van der Waals surface area contributed by atoms with E-state index in [1.54, 1.807) is 16.8 Å². The van der Waals surface area contributed by atoms with Crippen LogP contribution < -0.4 is 0 Å². The van der Waals surface area contributed by atoms with E-state index in [1.165, 1.54) is 0 Å². The second-order valence-electron chi connectivity index (χ2n) is 4.35. The van der Waals surface area contributed by atoms with Gasteiger partial charge in [-0.1, -0.05) is 29.3 Å². The number of hydrogen-bond acceptors (Lipinski definition) is 2. The third-order valence-electron chi connectivity index (χ3n) is 2.96. The normalized spacial score (nSPS) is 14.4. The van der Waals surface area contributed by atoms with Crippen molar-refractivity contribution in [1.29, 1.82) is 0 Å². The predicted octanol–water partition coefficient (Wildman–Crippen LogP) is 4.80. The molecule has 0 N–H and O–H groups in total. The molecule has 102 valence electrons. The molecular weight excluding hydrogens is 361 g/mol. The standard InChI is InChI=1S/C14H10BrCl2N3/c15-14-7-13(9-2-1-5-18-8-9)19-20(14)10-3-4-11(16)12(17)6-10/h2-4,6-8H,1,5H2. The largest absolute Gasteiger partial charge is 0.292 e. The minimum Gasteiger partial charge on any atom is -0.292 e. The first-order chi connectivity index (χ1) is 9.65. The van der Waals surface area contributed by atoms with Crippen LogP contribution >= 0.6 is 39.1 Å². The Bertz CT molecular complexity index is 719. The number of aromatic nitrogens is 2. The van der Waals surface area contributed by atoms with Crippen LogP contribution in [0, 0.1) is 0 Å². The molecule has 1 aliphatic heterocycles. The van der Waals surface area contributed by atoms with Gasteiger partial charge in [0.2, 0.25) is 0 Å². The Morgan fingerprint density at radius 3 is 2.70 bits per heavy atom. The molecule has 3 rings (SSSR count). The summed E-state index contributed by atoms with van der Waals surface area (Å²) in [4.78, 5) is 4.28. The van der Waals surface area contributed by atoms with E-state index in [1.807, 2.05) is 18.3 Å². The summed E-state index contributed by atoms with van der Waals surface area (Å²) in [6.07, 6.45) is 4.95. The third-order valence-corrected chi connectivity index (χ3v) is 4.27. The molecule has 20 heavy (non-hydrogen) atoms. The van der Waals surface area contributed by atoms with Crippen molar-refractivity contribution in [2.75, 3.05) is 6.54 Å². The summed E-state index contributed by atoms with van der Waals surface area (Å²) in [6.45, 7) is 0.845. The highest BCUT2D eigenvalue weighted by molar-refractivity contribution is 9.10. The summed E-state index contributed by atoms with van der Waals surface area (Å²) < 4.78 is 2.63. The average Bonchev–Trinajstić information content (AvgIpc) is 2.85. The molecule has 0 atom stereocenters. The first-order valence-corrected chi connectivity index (χ1v) is 7.61. The fourth-order valence-corrected chi connectivity index (χ4v) is 2.77. The first-order valence-electron chi connectivity index (χ1n) is 6.06. The van der Waals surface area contributed by atoms with Gasteiger partial charge in [-0.15, -0.1) is 0 Å². The lowest BCUT2D eigenvalue weighted by molar-refractivity contribution is 0.855. The second kappa shape index (κ2) is 5.72. The van der Waals surface area contributed by atoms with Crippen molar-refractivity contribution >= 4 is 50.9 Å². The zero-order valence-corrected chi connectivity index (χ0v) is 13.5. The summed E-state index contributed by atoms with van der Waals surface area (Å²) >= 11 is 15.5. The number of benzene rings is 1. The molecule has 0 unspecified atom stereocenters. The zero-order valence-electron chi connectivity index (χ0n) is 10.4. The van der Waals surface area contributed by atoms with E-state index in [4.69, 9.17) is 23.2 Å².